The molecule has 0 bridgehead atoms. The minimum Gasteiger partial charge on any atom is -0.396 e. The molecule has 0 saturated heterocycles. The van der Waals surface area contributed by atoms with Gasteiger partial charge in [0, 0.05) is 6.61 Å². The molecule has 0 spiro atoms. The molecule has 1 radical (unpaired) electrons. The van der Waals surface area contributed by atoms with Gasteiger partial charge >= 0.3 is 21.7 Å². The summed E-state index contributed by atoms with van der Waals surface area (Å²) in [5.41, 5.74) is 2.14. The van der Waals surface area contributed by atoms with Crippen LogP contribution in [-0.4, -0.2) is 11.7 Å². The van der Waals surface area contributed by atoms with Crippen molar-refractivity contribution in [3.63, 3.8) is 0 Å². The minimum absolute atomic E-state index is 0. The predicted octanol–water partition coefficient (Wildman–Crippen LogP) is 6.91. The number of hydrogen-bond acceptors (Lipinski definition) is 1. The molecule has 2 aromatic carbocycles. The molecule has 2 heteroatoms. The molecular formula is C24H37OTi. The van der Waals surface area contributed by atoms with Crippen LogP contribution in [0.25, 0.3) is 0 Å². The Hall–Kier alpha value is -1.15. The first-order valence-corrected chi connectivity index (χ1v) is 9.05. The van der Waals surface area contributed by atoms with E-state index in [0.717, 1.165) is 24.0 Å². The zero-order chi connectivity index (χ0) is 17.9. The Morgan fingerprint density at radius 1 is 0.731 bits per heavy atom. The average molecular weight is 389 g/mol. The molecule has 0 unspecified atom stereocenters. The van der Waals surface area contributed by atoms with Crippen LogP contribution in [0.15, 0.2) is 60.7 Å². The van der Waals surface area contributed by atoms with Gasteiger partial charge in [-0.25, -0.2) is 0 Å². The van der Waals surface area contributed by atoms with Crippen LogP contribution < -0.4 is 0 Å². The molecule has 0 amide bonds. The van der Waals surface area contributed by atoms with Crippen molar-refractivity contribution < 1.29 is 26.8 Å². The second-order valence-electron chi connectivity index (χ2n) is 5.82. The summed E-state index contributed by atoms with van der Waals surface area (Å²) in [6.07, 6.45) is 9.54. The van der Waals surface area contributed by atoms with Crippen molar-refractivity contribution in [1.29, 1.82) is 0 Å². The fraction of sp³-hybridized carbons (Fsp3) is 0.375. The molecule has 1 fully saturated rings. The van der Waals surface area contributed by atoms with Crippen molar-refractivity contribution in [2.24, 2.45) is 0 Å². The number of rotatable bonds is 2. The maximum absolute atomic E-state index is 8.07. The summed E-state index contributed by atoms with van der Waals surface area (Å²) in [5.74, 6) is 0. The van der Waals surface area contributed by atoms with E-state index < -0.39 is 0 Å². The first kappa shape index (κ1) is 29.6. The van der Waals surface area contributed by atoms with E-state index in [1.54, 1.807) is 0 Å². The van der Waals surface area contributed by atoms with E-state index in [9.17, 15) is 0 Å². The number of benzene rings is 2. The van der Waals surface area contributed by atoms with E-state index in [1.165, 1.54) is 32.1 Å². The normalized spacial score (nSPS) is 10.8. The first-order valence-electron chi connectivity index (χ1n) is 9.05. The fourth-order valence-corrected chi connectivity index (χ4v) is 2.00. The quantitative estimate of drug-likeness (QED) is 0.437. The van der Waals surface area contributed by atoms with Crippen molar-refractivity contribution in [2.45, 2.75) is 51.9 Å². The topological polar surface area (TPSA) is 20.2 Å². The first-order chi connectivity index (χ1) is 11.7. The molecule has 26 heavy (non-hydrogen) atoms. The smallest absolute Gasteiger partial charge is 0.396 e. The van der Waals surface area contributed by atoms with Gasteiger partial charge in [0.05, 0.1) is 0 Å². The van der Waals surface area contributed by atoms with Gasteiger partial charge in [-0.15, -0.1) is 24.3 Å². The van der Waals surface area contributed by atoms with Gasteiger partial charge in [0.15, 0.2) is 0 Å². The maximum Gasteiger partial charge on any atom is 3.00 e. The van der Waals surface area contributed by atoms with Crippen LogP contribution in [0.3, 0.4) is 0 Å². The maximum atomic E-state index is 8.07. The molecule has 1 aliphatic carbocycles. The second-order valence-corrected chi connectivity index (χ2v) is 5.82. The van der Waals surface area contributed by atoms with Gasteiger partial charge in [-0.05, 0) is 6.42 Å². The summed E-state index contributed by atoms with van der Waals surface area (Å²) < 4.78 is 0. The molecule has 1 aliphatic rings. The molecule has 1 saturated carbocycles. The fourth-order valence-electron chi connectivity index (χ4n) is 2.00. The molecule has 0 aliphatic heterocycles. The Kier molecular flexibility index (Phi) is 27.2. The van der Waals surface area contributed by atoms with Gasteiger partial charge < -0.3 is 12.5 Å². The summed E-state index contributed by atoms with van der Waals surface area (Å²) >= 11 is 0. The molecule has 0 aromatic heterocycles. The van der Waals surface area contributed by atoms with Gasteiger partial charge in [-0.3, -0.25) is 0 Å². The Morgan fingerprint density at radius 3 is 1.15 bits per heavy atom. The molecule has 0 heterocycles. The zero-order valence-corrected chi connectivity index (χ0v) is 18.4. The molecular weight excluding hydrogens is 352 g/mol. The predicted molar refractivity (Wildman–Crippen MR) is 113 cm³/mol. The van der Waals surface area contributed by atoms with Crippen molar-refractivity contribution in [3.05, 3.63) is 93.1 Å². The summed E-state index contributed by atoms with van der Waals surface area (Å²) in [6, 6.07) is 19.7. The number of aliphatic hydroxyl groups is 1. The van der Waals surface area contributed by atoms with Crippen molar-refractivity contribution >= 4 is 0 Å². The van der Waals surface area contributed by atoms with Crippen LogP contribution in [0, 0.1) is 21.3 Å². The van der Waals surface area contributed by atoms with Crippen molar-refractivity contribution in [1.82, 2.24) is 0 Å². The van der Waals surface area contributed by atoms with Crippen LogP contribution in [-0.2, 0) is 21.7 Å². The van der Waals surface area contributed by atoms with E-state index in [1.807, 2.05) is 60.7 Å². The molecule has 1 N–H and O–H groups in total. The monoisotopic (exact) mass is 389 g/mol. The van der Waals surface area contributed by atoms with Gasteiger partial charge in [0.25, 0.3) is 0 Å². The average Bonchev–Trinajstić information content (AvgIpc) is 3.18. The second kappa shape index (κ2) is 23.9. The van der Waals surface area contributed by atoms with Crippen LogP contribution in [0.2, 0.25) is 0 Å². The third-order valence-electron chi connectivity index (χ3n) is 3.45. The Morgan fingerprint density at radius 2 is 1.04 bits per heavy atom. The van der Waals surface area contributed by atoms with Crippen LogP contribution >= 0.6 is 0 Å². The number of unbranched alkanes of at least 4 members (excludes halogenated alkanes) is 1. The van der Waals surface area contributed by atoms with Gasteiger partial charge in [0.2, 0.25) is 0 Å². The van der Waals surface area contributed by atoms with Crippen LogP contribution in [0.5, 0.6) is 0 Å². The van der Waals surface area contributed by atoms with E-state index in [0.29, 0.717) is 6.61 Å². The van der Waals surface area contributed by atoms with E-state index in [4.69, 9.17) is 5.11 Å². The van der Waals surface area contributed by atoms with E-state index in [-0.39, 0.29) is 29.1 Å². The number of aliphatic hydroxyl groups excluding tert-OH is 1. The van der Waals surface area contributed by atoms with Crippen LogP contribution in [0.1, 0.15) is 63.0 Å². The van der Waals surface area contributed by atoms with Gasteiger partial charge in [-0.2, -0.15) is 49.2 Å². The summed E-state index contributed by atoms with van der Waals surface area (Å²) in [6.45, 7) is 9.84. The standard InChI is InChI=1S/2C7H7.C5H10.C4H10O.CH3.Ti/c2*1-7-5-3-2-4-6-7;1-2-4-5-3-1;1-2-3-4-5;;/h2*2-6H,1H2;1-5H2;5H,2-4H2,1H3;1H3;/q2*-1;;;-1;+3. The molecule has 0 atom stereocenters. The summed E-state index contributed by atoms with van der Waals surface area (Å²) in [4.78, 5) is 0. The number of hydrogen-bond donors (Lipinski definition) is 1. The molecule has 1 nitrogen and oxygen atoms in total. The van der Waals surface area contributed by atoms with E-state index in [2.05, 4.69) is 20.8 Å². The van der Waals surface area contributed by atoms with Crippen molar-refractivity contribution in [2.75, 3.05) is 6.61 Å². The zero-order valence-electron chi connectivity index (χ0n) is 16.8. The SMILES string of the molecule is C1CCCC1.CCCCO.[CH2-]c1ccccc1.[CH2-]c1ccccc1.[CH3-].[Ti+3]. The molecule has 143 valence electrons. The third kappa shape index (κ3) is 22.9. The Labute approximate surface area is 178 Å². The summed E-state index contributed by atoms with van der Waals surface area (Å²) in [7, 11) is 0. The van der Waals surface area contributed by atoms with E-state index >= 15 is 0 Å². The van der Waals surface area contributed by atoms with Gasteiger partial charge in [0.1, 0.15) is 0 Å². The minimum atomic E-state index is 0. The summed E-state index contributed by atoms with van der Waals surface area (Å²) in [5, 5.41) is 8.07. The Balaban J connectivity index is -0.000000268. The van der Waals surface area contributed by atoms with Gasteiger partial charge in [-0.1, -0.05) is 57.6 Å². The molecule has 3 rings (SSSR count). The third-order valence-corrected chi connectivity index (χ3v) is 3.45. The van der Waals surface area contributed by atoms with Crippen LogP contribution in [0.4, 0.5) is 0 Å². The Bertz CT molecular complexity index is 405. The largest absolute Gasteiger partial charge is 3.00 e. The van der Waals surface area contributed by atoms with Crippen molar-refractivity contribution in [3.8, 4) is 0 Å². The molecule has 2 aromatic rings.